The van der Waals surface area contributed by atoms with E-state index < -0.39 is 4.92 Å². The van der Waals surface area contributed by atoms with Crippen LogP contribution in [-0.4, -0.2) is 29.6 Å². The number of benzene rings is 2. The number of fused-ring (bicyclic) bond motifs is 1. The Morgan fingerprint density at radius 2 is 1.94 bits per heavy atom. The van der Waals surface area contributed by atoms with Crippen molar-refractivity contribution in [3.8, 4) is 17.2 Å². The second-order valence-corrected chi connectivity index (χ2v) is 8.29. The summed E-state index contributed by atoms with van der Waals surface area (Å²) in [7, 11) is 0. The number of rotatable bonds is 6. The molecule has 5 rings (SSSR count). The summed E-state index contributed by atoms with van der Waals surface area (Å²) in [5.41, 5.74) is 1.71. The first kappa shape index (κ1) is 21.5. The number of nitro benzene ring substituents is 1. The lowest BCUT2D eigenvalue weighted by Gasteiger charge is -2.12. The molecule has 0 amide bonds. The zero-order valence-electron chi connectivity index (χ0n) is 17.8. The van der Waals surface area contributed by atoms with Gasteiger partial charge >= 0.3 is 0 Å². The number of hydrogen-bond donors (Lipinski definition) is 0. The van der Waals surface area contributed by atoms with E-state index in [1.54, 1.807) is 36.5 Å². The number of nitro groups is 1. The predicted octanol–water partition coefficient (Wildman–Crippen LogP) is 4.34. The van der Waals surface area contributed by atoms with Crippen LogP contribution in [0.1, 0.15) is 11.5 Å². The van der Waals surface area contributed by atoms with Crippen LogP contribution < -0.4 is 5.56 Å². The van der Waals surface area contributed by atoms with Crippen molar-refractivity contribution < 1.29 is 9.45 Å². The van der Waals surface area contributed by atoms with Gasteiger partial charge in [-0.3, -0.25) is 14.9 Å². The van der Waals surface area contributed by atoms with E-state index >= 15 is 0 Å². The Labute approximate surface area is 196 Å². The summed E-state index contributed by atoms with van der Waals surface area (Å²) in [5.74, 6) is 1.23. The summed E-state index contributed by atoms with van der Waals surface area (Å²) in [6.45, 7) is 1.92. The number of nitrogens with zero attached hydrogens (tertiary/aromatic N) is 6. The minimum atomic E-state index is -0.482. The van der Waals surface area contributed by atoms with Crippen molar-refractivity contribution >= 4 is 28.4 Å². The molecule has 0 radical (unpaired) electrons. The van der Waals surface area contributed by atoms with E-state index in [1.165, 1.54) is 28.5 Å². The van der Waals surface area contributed by atoms with Gasteiger partial charge in [0.15, 0.2) is 5.16 Å². The summed E-state index contributed by atoms with van der Waals surface area (Å²) in [5, 5.41) is 15.9. The van der Waals surface area contributed by atoms with Crippen molar-refractivity contribution in [1.82, 2.24) is 24.7 Å². The Kier molecular flexibility index (Phi) is 5.60. The van der Waals surface area contributed by atoms with Crippen LogP contribution in [-0.2, 0) is 5.75 Å². The molecule has 0 bridgehead atoms. The highest BCUT2D eigenvalue weighted by atomic mass is 32.2. The highest BCUT2D eigenvalue weighted by molar-refractivity contribution is 7.98. The summed E-state index contributed by atoms with van der Waals surface area (Å²) in [6, 6.07) is 16.8. The number of aromatic nitrogens is 5. The Morgan fingerprint density at radius 1 is 1.09 bits per heavy atom. The molecule has 0 spiro atoms. The average Bonchev–Trinajstić information content (AvgIpc) is 3.32. The second kappa shape index (κ2) is 8.87. The SMILES string of the molecule is Cc1ccnc(-n2c(SCc3nc(-c4cccc([N+](=O)[O-])c4)no3)nc3ccccc3c2=O)c1. The predicted molar refractivity (Wildman–Crippen MR) is 126 cm³/mol. The number of non-ortho nitro benzene ring substituents is 1. The molecular formula is C23H16N6O4S. The van der Waals surface area contributed by atoms with Crippen LogP contribution in [0.5, 0.6) is 0 Å². The molecule has 0 saturated heterocycles. The lowest BCUT2D eigenvalue weighted by atomic mass is 10.2. The Morgan fingerprint density at radius 3 is 2.76 bits per heavy atom. The number of aryl methyl sites for hydroxylation is 1. The quantitative estimate of drug-likeness (QED) is 0.153. The van der Waals surface area contributed by atoms with Gasteiger partial charge in [-0.1, -0.05) is 41.2 Å². The Balaban J connectivity index is 1.49. The van der Waals surface area contributed by atoms with E-state index in [-0.39, 0.29) is 28.7 Å². The zero-order valence-corrected chi connectivity index (χ0v) is 18.6. The van der Waals surface area contributed by atoms with Gasteiger partial charge in [0.25, 0.3) is 11.2 Å². The molecule has 10 nitrogen and oxygen atoms in total. The topological polar surface area (TPSA) is 130 Å². The highest BCUT2D eigenvalue weighted by Crippen LogP contribution is 2.26. The van der Waals surface area contributed by atoms with E-state index in [0.29, 0.717) is 27.4 Å². The largest absolute Gasteiger partial charge is 0.338 e. The molecule has 0 aliphatic rings. The maximum atomic E-state index is 13.3. The van der Waals surface area contributed by atoms with Crippen LogP contribution in [0.25, 0.3) is 28.1 Å². The fourth-order valence-electron chi connectivity index (χ4n) is 3.37. The molecule has 34 heavy (non-hydrogen) atoms. The van der Waals surface area contributed by atoms with Crippen LogP contribution in [0.2, 0.25) is 0 Å². The maximum absolute atomic E-state index is 13.3. The molecular weight excluding hydrogens is 456 g/mol. The van der Waals surface area contributed by atoms with Crippen molar-refractivity contribution in [2.45, 2.75) is 17.8 Å². The third-order valence-corrected chi connectivity index (χ3v) is 5.91. The summed E-state index contributed by atoms with van der Waals surface area (Å²) in [6.07, 6.45) is 1.64. The first-order valence-electron chi connectivity index (χ1n) is 10.1. The number of hydrogen-bond acceptors (Lipinski definition) is 9. The number of thioether (sulfide) groups is 1. The third kappa shape index (κ3) is 4.16. The zero-order chi connectivity index (χ0) is 23.7. The molecule has 0 aliphatic heterocycles. The molecule has 0 saturated carbocycles. The molecule has 0 aliphatic carbocycles. The van der Waals surface area contributed by atoms with Crippen LogP contribution in [0.3, 0.4) is 0 Å². The van der Waals surface area contributed by atoms with Crippen molar-refractivity contribution in [2.24, 2.45) is 0 Å². The van der Waals surface area contributed by atoms with Crippen LogP contribution in [0.15, 0.2) is 81.3 Å². The van der Waals surface area contributed by atoms with E-state index in [0.717, 1.165) is 5.56 Å². The average molecular weight is 472 g/mol. The monoisotopic (exact) mass is 472 g/mol. The van der Waals surface area contributed by atoms with Gasteiger partial charge in [0.2, 0.25) is 11.7 Å². The van der Waals surface area contributed by atoms with Gasteiger partial charge in [-0.05, 0) is 36.8 Å². The minimum absolute atomic E-state index is 0.0618. The fourth-order valence-corrected chi connectivity index (χ4v) is 4.21. The maximum Gasteiger partial charge on any atom is 0.270 e. The second-order valence-electron chi connectivity index (χ2n) is 7.35. The lowest BCUT2D eigenvalue weighted by Crippen LogP contribution is -2.22. The molecule has 0 atom stereocenters. The van der Waals surface area contributed by atoms with E-state index in [2.05, 4.69) is 20.1 Å². The Hall–Kier alpha value is -4.38. The standard InChI is InChI=1S/C23H16N6O4S/c1-14-9-10-24-19(11-14)28-22(30)17-7-2-3-8-18(17)25-23(28)34-13-20-26-21(27-33-20)15-5-4-6-16(12-15)29(31)32/h2-12H,13H2,1H3. The molecule has 2 aromatic carbocycles. The van der Waals surface area contributed by atoms with E-state index in [1.807, 2.05) is 25.1 Å². The first-order chi connectivity index (χ1) is 16.5. The molecule has 0 unspecified atom stereocenters. The minimum Gasteiger partial charge on any atom is -0.338 e. The summed E-state index contributed by atoms with van der Waals surface area (Å²) in [4.78, 5) is 37.2. The molecule has 0 fully saturated rings. The normalized spacial score (nSPS) is 11.1. The van der Waals surface area contributed by atoms with Crippen molar-refractivity contribution in [1.29, 1.82) is 0 Å². The van der Waals surface area contributed by atoms with Crippen molar-refractivity contribution in [3.63, 3.8) is 0 Å². The van der Waals surface area contributed by atoms with Crippen LogP contribution in [0, 0.1) is 17.0 Å². The van der Waals surface area contributed by atoms with Crippen LogP contribution in [0.4, 0.5) is 5.69 Å². The lowest BCUT2D eigenvalue weighted by molar-refractivity contribution is -0.384. The van der Waals surface area contributed by atoms with Gasteiger partial charge in [0.1, 0.15) is 5.82 Å². The van der Waals surface area contributed by atoms with Gasteiger partial charge < -0.3 is 4.52 Å². The summed E-state index contributed by atoms with van der Waals surface area (Å²) >= 11 is 1.25. The van der Waals surface area contributed by atoms with Gasteiger partial charge in [0.05, 0.1) is 21.6 Å². The smallest absolute Gasteiger partial charge is 0.270 e. The first-order valence-corrected chi connectivity index (χ1v) is 11.1. The third-order valence-electron chi connectivity index (χ3n) is 4.98. The van der Waals surface area contributed by atoms with E-state index in [4.69, 9.17) is 4.52 Å². The molecule has 3 heterocycles. The highest BCUT2D eigenvalue weighted by Gasteiger charge is 2.17. The molecule has 5 aromatic rings. The van der Waals surface area contributed by atoms with Crippen molar-refractivity contribution in [2.75, 3.05) is 0 Å². The molecule has 11 heteroatoms. The van der Waals surface area contributed by atoms with Gasteiger partial charge in [-0.25, -0.2) is 14.5 Å². The number of para-hydroxylation sites is 1. The number of pyridine rings is 1. The van der Waals surface area contributed by atoms with Crippen LogP contribution >= 0.6 is 11.8 Å². The van der Waals surface area contributed by atoms with Gasteiger partial charge in [-0.15, -0.1) is 0 Å². The molecule has 168 valence electrons. The molecule has 3 aromatic heterocycles. The summed E-state index contributed by atoms with van der Waals surface area (Å²) < 4.78 is 6.81. The fraction of sp³-hybridized carbons (Fsp3) is 0.0870. The van der Waals surface area contributed by atoms with E-state index in [9.17, 15) is 14.9 Å². The van der Waals surface area contributed by atoms with Gasteiger partial charge in [-0.2, -0.15) is 4.98 Å². The van der Waals surface area contributed by atoms with Crippen molar-refractivity contribution in [3.05, 3.63) is 98.8 Å². The Bertz CT molecular complexity index is 1600. The van der Waals surface area contributed by atoms with Gasteiger partial charge in [0, 0.05) is 23.9 Å². The molecule has 0 N–H and O–H groups in total.